The Labute approximate surface area is 124 Å². The number of aliphatic hydroxyl groups excluding tert-OH is 1. The van der Waals surface area contributed by atoms with Crippen LogP contribution in [0.2, 0.25) is 0 Å². The molecule has 2 unspecified atom stereocenters. The second-order valence-electron chi connectivity index (χ2n) is 6.06. The van der Waals surface area contributed by atoms with Crippen LogP contribution in [0.1, 0.15) is 37.9 Å². The quantitative estimate of drug-likeness (QED) is 0.876. The maximum Gasteiger partial charge on any atom is 0.220 e. The Balaban J connectivity index is 1.83. The number of piperidine rings is 2. The molecule has 1 aromatic carbocycles. The molecule has 2 heterocycles. The average molecular weight is 292 g/mol. The molecule has 2 fully saturated rings. The molecule has 0 aromatic heterocycles. The molecule has 3 rings (SSSR count). The maximum atomic E-state index is 14.0. The van der Waals surface area contributed by atoms with Crippen LogP contribution in [0.3, 0.4) is 0 Å². The normalized spacial score (nSPS) is 27.0. The molecule has 114 valence electrons. The van der Waals surface area contributed by atoms with Gasteiger partial charge < -0.3 is 15.3 Å². The molecule has 2 aliphatic rings. The highest BCUT2D eigenvalue weighted by Crippen LogP contribution is 2.34. The molecule has 0 aliphatic carbocycles. The molecule has 0 bridgehead atoms. The van der Waals surface area contributed by atoms with E-state index in [2.05, 4.69) is 10.2 Å². The Hall–Kier alpha value is -1.62. The van der Waals surface area contributed by atoms with Gasteiger partial charge in [0.05, 0.1) is 6.10 Å². The Morgan fingerprint density at radius 1 is 1.43 bits per heavy atom. The Bertz CT molecular complexity index is 547. The predicted molar refractivity (Wildman–Crippen MR) is 78.5 cm³/mol. The molecule has 0 radical (unpaired) electrons. The van der Waals surface area contributed by atoms with E-state index in [-0.39, 0.29) is 17.8 Å². The van der Waals surface area contributed by atoms with E-state index >= 15 is 0 Å². The van der Waals surface area contributed by atoms with Crippen molar-refractivity contribution in [3.8, 4) is 0 Å². The zero-order valence-corrected chi connectivity index (χ0v) is 12.2. The van der Waals surface area contributed by atoms with Crippen LogP contribution < -0.4 is 10.2 Å². The van der Waals surface area contributed by atoms with E-state index in [1.807, 2.05) is 6.07 Å². The Morgan fingerprint density at radius 3 is 3.00 bits per heavy atom. The third kappa shape index (κ3) is 2.75. The number of rotatable bonds is 2. The van der Waals surface area contributed by atoms with Crippen LogP contribution >= 0.6 is 0 Å². The molecule has 2 N–H and O–H groups in total. The van der Waals surface area contributed by atoms with Gasteiger partial charge >= 0.3 is 0 Å². The number of nitrogens with zero attached hydrogens (tertiary/aromatic N) is 1. The monoisotopic (exact) mass is 292 g/mol. The van der Waals surface area contributed by atoms with Gasteiger partial charge in [0, 0.05) is 36.8 Å². The van der Waals surface area contributed by atoms with Gasteiger partial charge in [-0.1, -0.05) is 6.07 Å². The van der Waals surface area contributed by atoms with Gasteiger partial charge in [0.1, 0.15) is 5.82 Å². The van der Waals surface area contributed by atoms with Gasteiger partial charge in [0.25, 0.3) is 0 Å². The van der Waals surface area contributed by atoms with Gasteiger partial charge in [-0.2, -0.15) is 0 Å². The highest BCUT2D eigenvalue weighted by atomic mass is 19.1. The lowest BCUT2D eigenvalue weighted by atomic mass is 9.84. The minimum absolute atomic E-state index is 0.139. The Morgan fingerprint density at radius 2 is 2.24 bits per heavy atom. The van der Waals surface area contributed by atoms with Gasteiger partial charge in [0.2, 0.25) is 5.91 Å². The van der Waals surface area contributed by atoms with Gasteiger partial charge in [-0.15, -0.1) is 0 Å². The summed E-state index contributed by atoms with van der Waals surface area (Å²) < 4.78 is 14.0. The van der Waals surface area contributed by atoms with Crippen LogP contribution in [0, 0.1) is 11.7 Å². The summed E-state index contributed by atoms with van der Waals surface area (Å²) in [6.07, 6.45) is 1.49. The minimum Gasteiger partial charge on any atom is -0.389 e. The maximum absolute atomic E-state index is 14.0. The van der Waals surface area contributed by atoms with Crippen LogP contribution in [0.15, 0.2) is 18.2 Å². The number of aliphatic hydroxyl groups is 1. The van der Waals surface area contributed by atoms with Crippen LogP contribution in [-0.2, 0) is 4.79 Å². The van der Waals surface area contributed by atoms with Crippen molar-refractivity contribution in [2.45, 2.75) is 38.3 Å². The first-order valence-corrected chi connectivity index (χ1v) is 7.57. The third-order valence-corrected chi connectivity index (χ3v) is 4.61. The van der Waals surface area contributed by atoms with E-state index in [0.717, 1.165) is 31.6 Å². The highest BCUT2D eigenvalue weighted by molar-refractivity contribution is 5.77. The number of hydrogen-bond donors (Lipinski definition) is 2. The molecule has 0 saturated carbocycles. The summed E-state index contributed by atoms with van der Waals surface area (Å²) in [7, 11) is 0. The van der Waals surface area contributed by atoms with E-state index in [0.29, 0.717) is 17.9 Å². The lowest BCUT2D eigenvalue weighted by Crippen LogP contribution is -2.54. The van der Waals surface area contributed by atoms with E-state index in [1.165, 1.54) is 6.07 Å². The van der Waals surface area contributed by atoms with Gasteiger partial charge in [-0.3, -0.25) is 4.79 Å². The molecule has 1 aromatic rings. The Kier molecular flexibility index (Phi) is 3.85. The molecule has 1 amide bonds. The first-order valence-electron chi connectivity index (χ1n) is 7.57. The van der Waals surface area contributed by atoms with Crippen molar-refractivity contribution in [2.75, 3.05) is 18.0 Å². The molecule has 2 saturated heterocycles. The number of hydrogen-bond acceptors (Lipinski definition) is 3. The summed E-state index contributed by atoms with van der Waals surface area (Å²) >= 11 is 0. The lowest BCUT2D eigenvalue weighted by molar-refractivity contribution is -0.124. The van der Waals surface area contributed by atoms with Crippen molar-refractivity contribution in [1.82, 2.24) is 5.32 Å². The molecule has 2 aliphatic heterocycles. The van der Waals surface area contributed by atoms with Crippen LogP contribution in [0.5, 0.6) is 0 Å². The third-order valence-electron chi connectivity index (χ3n) is 4.61. The van der Waals surface area contributed by atoms with Crippen LogP contribution in [-0.4, -0.2) is 30.1 Å². The summed E-state index contributed by atoms with van der Waals surface area (Å²) in [6.45, 7) is 3.16. The second kappa shape index (κ2) is 5.64. The summed E-state index contributed by atoms with van der Waals surface area (Å²) in [5.74, 6) is 0.184. The molecule has 0 spiro atoms. The molecule has 3 atom stereocenters. The van der Waals surface area contributed by atoms with Crippen molar-refractivity contribution >= 4 is 11.6 Å². The van der Waals surface area contributed by atoms with Crippen molar-refractivity contribution in [2.24, 2.45) is 5.92 Å². The summed E-state index contributed by atoms with van der Waals surface area (Å²) in [5.41, 5.74) is 1.15. The molecular formula is C16H21FN2O2. The number of amides is 1. The van der Waals surface area contributed by atoms with Gasteiger partial charge in [0.15, 0.2) is 0 Å². The van der Waals surface area contributed by atoms with Crippen LogP contribution in [0.25, 0.3) is 0 Å². The van der Waals surface area contributed by atoms with Crippen molar-refractivity contribution < 1.29 is 14.3 Å². The van der Waals surface area contributed by atoms with Crippen molar-refractivity contribution in [1.29, 1.82) is 0 Å². The minimum atomic E-state index is -0.829. The standard InChI is InChI=1S/C16H21FN2O2/c1-10(20)16-12(17)3-2-4-14(16)19-8-7-13-11(9-19)5-6-15(21)18-13/h2-4,10-11,13,20H,5-9H2,1H3,(H,18,21)/t10-,11?,13?/m1/s1. The van der Waals surface area contributed by atoms with E-state index < -0.39 is 6.10 Å². The molecule has 21 heavy (non-hydrogen) atoms. The molecule has 4 nitrogen and oxygen atoms in total. The fourth-order valence-electron chi connectivity index (χ4n) is 3.54. The first-order chi connectivity index (χ1) is 10.1. The summed E-state index contributed by atoms with van der Waals surface area (Å²) in [6, 6.07) is 5.18. The largest absolute Gasteiger partial charge is 0.389 e. The lowest BCUT2D eigenvalue weighted by Gasteiger charge is -2.43. The first kappa shape index (κ1) is 14.3. The zero-order chi connectivity index (χ0) is 15.0. The van der Waals surface area contributed by atoms with E-state index in [4.69, 9.17) is 0 Å². The summed E-state index contributed by atoms with van der Waals surface area (Å²) in [4.78, 5) is 13.6. The van der Waals surface area contributed by atoms with Gasteiger partial charge in [-0.05, 0) is 37.8 Å². The number of carbonyl (C=O) groups is 1. The van der Waals surface area contributed by atoms with Crippen molar-refractivity contribution in [3.05, 3.63) is 29.6 Å². The topological polar surface area (TPSA) is 52.6 Å². The van der Waals surface area contributed by atoms with Crippen molar-refractivity contribution in [3.63, 3.8) is 0 Å². The fraction of sp³-hybridized carbons (Fsp3) is 0.562. The number of benzene rings is 1. The number of nitrogens with one attached hydrogen (secondary N) is 1. The molecule has 5 heteroatoms. The second-order valence-corrected chi connectivity index (χ2v) is 6.06. The molecular weight excluding hydrogens is 271 g/mol. The summed E-state index contributed by atoms with van der Waals surface area (Å²) in [5, 5.41) is 12.9. The number of carbonyl (C=O) groups excluding carboxylic acids is 1. The van der Waals surface area contributed by atoms with Crippen LogP contribution in [0.4, 0.5) is 10.1 Å². The van der Waals surface area contributed by atoms with E-state index in [9.17, 15) is 14.3 Å². The average Bonchev–Trinajstić information content (AvgIpc) is 2.46. The number of fused-ring (bicyclic) bond motifs is 1. The number of anilines is 1. The zero-order valence-electron chi connectivity index (χ0n) is 12.2. The number of halogens is 1. The fourth-order valence-corrected chi connectivity index (χ4v) is 3.54. The SMILES string of the molecule is C[C@@H](O)c1c(F)cccc1N1CCC2NC(=O)CCC2C1. The smallest absolute Gasteiger partial charge is 0.220 e. The van der Waals surface area contributed by atoms with Gasteiger partial charge in [-0.25, -0.2) is 4.39 Å². The predicted octanol–water partition coefficient (Wildman–Crippen LogP) is 1.98. The highest BCUT2D eigenvalue weighted by Gasteiger charge is 2.34. The van der Waals surface area contributed by atoms with E-state index in [1.54, 1.807) is 13.0 Å².